The highest BCUT2D eigenvalue weighted by molar-refractivity contribution is 7.14. The van der Waals surface area contributed by atoms with E-state index < -0.39 is 0 Å². The van der Waals surface area contributed by atoms with E-state index in [4.69, 9.17) is 4.99 Å². The molecule has 0 aliphatic carbocycles. The highest BCUT2D eigenvalue weighted by Crippen LogP contribution is 2.26. The Morgan fingerprint density at radius 3 is 2.48 bits per heavy atom. The molecule has 0 saturated carbocycles. The monoisotopic (exact) mass is 424 g/mol. The van der Waals surface area contributed by atoms with Gasteiger partial charge in [0.05, 0.1) is 22.0 Å². The molecule has 0 aliphatic heterocycles. The van der Waals surface area contributed by atoms with Gasteiger partial charge in [0.2, 0.25) is 0 Å². The molecule has 1 aromatic carbocycles. The van der Waals surface area contributed by atoms with Gasteiger partial charge < -0.3 is 4.57 Å². The van der Waals surface area contributed by atoms with E-state index >= 15 is 0 Å². The maximum atomic E-state index is 13.2. The lowest BCUT2D eigenvalue weighted by molar-refractivity contribution is 0.518. The average Bonchev–Trinajstić information content (AvgIpc) is 3.40. The lowest BCUT2D eigenvalue weighted by Crippen LogP contribution is -2.21. The lowest BCUT2D eigenvalue weighted by atomic mass is 10.2. The van der Waals surface area contributed by atoms with Crippen LogP contribution in [0.15, 0.2) is 63.0 Å². The second-order valence-electron chi connectivity index (χ2n) is 7.41. The Kier molecular flexibility index (Phi) is 5.43. The van der Waals surface area contributed by atoms with E-state index in [0.29, 0.717) is 11.6 Å². The average molecular weight is 425 g/mol. The van der Waals surface area contributed by atoms with E-state index in [2.05, 4.69) is 41.3 Å². The fourth-order valence-corrected chi connectivity index (χ4v) is 5.10. The van der Waals surface area contributed by atoms with Crippen LogP contribution in [-0.4, -0.2) is 13.9 Å². The van der Waals surface area contributed by atoms with Crippen LogP contribution in [0.4, 0.5) is 5.69 Å². The van der Waals surface area contributed by atoms with E-state index in [1.807, 2.05) is 49.0 Å². The van der Waals surface area contributed by atoms with Crippen molar-refractivity contribution in [1.29, 1.82) is 0 Å². The number of para-hydroxylation sites is 1. The number of hydrogen-bond donors (Lipinski definition) is 0. The zero-order valence-electron chi connectivity index (χ0n) is 17.0. The SMILES string of the molecule is Cc1c(N=c2scc(-c3cccs3)n2CC(C)C)c(=O)n(-c2ccccc2)n1C. The molecule has 3 aromatic heterocycles. The minimum absolute atomic E-state index is 0.0987. The van der Waals surface area contributed by atoms with Gasteiger partial charge in [-0.15, -0.1) is 22.7 Å². The quantitative estimate of drug-likeness (QED) is 0.446. The molecule has 0 aliphatic rings. The van der Waals surface area contributed by atoms with Gasteiger partial charge in [-0.25, -0.2) is 9.67 Å². The van der Waals surface area contributed by atoms with Crippen molar-refractivity contribution in [3.05, 3.63) is 74.1 Å². The molecular weight excluding hydrogens is 400 g/mol. The topological polar surface area (TPSA) is 44.2 Å². The van der Waals surface area contributed by atoms with Gasteiger partial charge in [0.1, 0.15) is 0 Å². The summed E-state index contributed by atoms with van der Waals surface area (Å²) in [6.07, 6.45) is 0. The van der Waals surface area contributed by atoms with Crippen LogP contribution >= 0.6 is 22.7 Å². The summed E-state index contributed by atoms with van der Waals surface area (Å²) < 4.78 is 5.78. The first-order valence-electron chi connectivity index (χ1n) is 9.58. The van der Waals surface area contributed by atoms with Crippen LogP contribution in [0.5, 0.6) is 0 Å². The van der Waals surface area contributed by atoms with Gasteiger partial charge >= 0.3 is 0 Å². The number of hydrogen-bond acceptors (Lipinski definition) is 4. The molecule has 0 saturated heterocycles. The molecular formula is C22H24N4OS2. The molecule has 0 radical (unpaired) electrons. The molecule has 29 heavy (non-hydrogen) atoms. The molecule has 5 nitrogen and oxygen atoms in total. The summed E-state index contributed by atoms with van der Waals surface area (Å²) >= 11 is 3.31. The van der Waals surface area contributed by atoms with E-state index in [-0.39, 0.29) is 5.56 Å². The van der Waals surface area contributed by atoms with Crippen LogP contribution < -0.4 is 10.4 Å². The normalized spacial score (nSPS) is 12.2. The van der Waals surface area contributed by atoms with Crippen molar-refractivity contribution in [2.45, 2.75) is 27.3 Å². The first-order chi connectivity index (χ1) is 14.0. The van der Waals surface area contributed by atoms with Crippen molar-refractivity contribution in [2.24, 2.45) is 18.0 Å². The maximum absolute atomic E-state index is 13.2. The highest BCUT2D eigenvalue weighted by Gasteiger charge is 2.17. The van der Waals surface area contributed by atoms with Crippen molar-refractivity contribution in [2.75, 3.05) is 0 Å². The third-order valence-corrected chi connectivity index (χ3v) is 6.61. The van der Waals surface area contributed by atoms with Crippen LogP contribution in [0.3, 0.4) is 0 Å². The molecule has 3 heterocycles. The fourth-order valence-electron chi connectivity index (χ4n) is 3.36. The molecule has 0 atom stereocenters. The number of thiophene rings is 1. The van der Waals surface area contributed by atoms with Crippen molar-refractivity contribution in [3.8, 4) is 16.3 Å². The Hall–Kier alpha value is -2.64. The number of benzene rings is 1. The Morgan fingerprint density at radius 1 is 1.07 bits per heavy atom. The number of aromatic nitrogens is 3. The first-order valence-corrected chi connectivity index (χ1v) is 11.3. The molecule has 0 N–H and O–H groups in total. The van der Waals surface area contributed by atoms with Crippen molar-refractivity contribution >= 4 is 28.4 Å². The Bertz CT molecular complexity index is 1240. The molecule has 0 fully saturated rings. The second kappa shape index (κ2) is 8.00. The minimum Gasteiger partial charge on any atom is -0.315 e. The third-order valence-electron chi connectivity index (χ3n) is 4.85. The molecule has 4 rings (SSSR count). The summed E-state index contributed by atoms with van der Waals surface area (Å²) in [6, 6.07) is 13.9. The van der Waals surface area contributed by atoms with Crippen LogP contribution in [0, 0.1) is 12.8 Å². The van der Waals surface area contributed by atoms with Gasteiger partial charge in [-0.2, -0.15) is 0 Å². The molecule has 0 unspecified atom stereocenters. The van der Waals surface area contributed by atoms with Crippen molar-refractivity contribution < 1.29 is 0 Å². The Balaban J connectivity index is 1.91. The molecule has 0 spiro atoms. The van der Waals surface area contributed by atoms with Gasteiger partial charge in [0.15, 0.2) is 10.5 Å². The highest BCUT2D eigenvalue weighted by atomic mass is 32.1. The summed E-state index contributed by atoms with van der Waals surface area (Å²) in [5, 5.41) is 4.23. The summed E-state index contributed by atoms with van der Waals surface area (Å²) in [7, 11) is 1.90. The number of thiazole rings is 1. The van der Waals surface area contributed by atoms with Gasteiger partial charge in [0.25, 0.3) is 5.56 Å². The predicted molar refractivity (Wildman–Crippen MR) is 121 cm³/mol. The molecule has 7 heteroatoms. The molecule has 0 bridgehead atoms. The summed E-state index contributed by atoms with van der Waals surface area (Å²) in [6.45, 7) is 7.19. The Morgan fingerprint density at radius 2 is 1.83 bits per heavy atom. The first kappa shape index (κ1) is 19.7. The molecule has 0 amide bonds. The minimum atomic E-state index is -0.0987. The van der Waals surface area contributed by atoms with Crippen LogP contribution in [0.2, 0.25) is 0 Å². The maximum Gasteiger partial charge on any atom is 0.297 e. The fraction of sp³-hybridized carbons (Fsp3) is 0.273. The predicted octanol–water partition coefficient (Wildman–Crippen LogP) is 4.96. The number of nitrogens with zero attached hydrogens (tertiary/aromatic N) is 4. The smallest absolute Gasteiger partial charge is 0.297 e. The van der Waals surface area contributed by atoms with Crippen LogP contribution in [0.1, 0.15) is 19.5 Å². The van der Waals surface area contributed by atoms with Gasteiger partial charge in [-0.1, -0.05) is 38.1 Å². The summed E-state index contributed by atoms with van der Waals surface area (Å²) in [5.41, 5.74) is 3.24. The van der Waals surface area contributed by atoms with Gasteiger partial charge in [-0.3, -0.25) is 9.48 Å². The van der Waals surface area contributed by atoms with E-state index in [1.165, 1.54) is 4.88 Å². The van der Waals surface area contributed by atoms with Crippen molar-refractivity contribution in [1.82, 2.24) is 13.9 Å². The summed E-state index contributed by atoms with van der Waals surface area (Å²) in [5.74, 6) is 0.472. The standard InChI is InChI=1S/C22H24N4OS2/c1-15(2)13-25-18(19-11-8-12-28-19)14-29-22(25)23-20-16(3)24(4)26(21(20)27)17-9-6-5-7-10-17/h5-12,14-15H,13H2,1-4H3. The van der Waals surface area contributed by atoms with Crippen molar-refractivity contribution in [3.63, 3.8) is 0 Å². The third kappa shape index (κ3) is 3.68. The summed E-state index contributed by atoms with van der Waals surface area (Å²) in [4.78, 5) is 20.2. The van der Waals surface area contributed by atoms with Crippen LogP contribution in [0.25, 0.3) is 16.3 Å². The second-order valence-corrected chi connectivity index (χ2v) is 9.19. The van der Waals surface area contributed by atoms with Gasteiger partial charge in [-0.05, 0) is 36.4 Å². The molecule has 150 valence electrons. The number of rotatable bonds is 5. The largest absolute Gasteiger partial charge is 0.315 e. The molecule has 4 aromatic rings. The van der Waals surface area contributed by atoms with Gasteiger partial charge in [0, 0.05) is 19.0 Å². The van der Waals surface area contributed by atoms with E-state index in [1.54, 1.807) is 27.4 Å². The zero-order chi connectivity index (χ0) is 20.5. The lowest BCUT2D eigenvalue weighted by Gasteiger charge is -2.10. The van der Waals surface area contributed by atoms with E-state index in [0.717, 1.165) is 28.4 Å². The van der Waals surface area contributed by atoms with Crippen LogP contribution in [-0.2, 0) is 13.6 Å². The zero-order valence-corrected chi connectivity index (χ0v) is 18.6. The Labute approximate surface area is 177 Å². The van der Waals surface area contributed by atoms with E-state index in [9.17, 15) is 4.79 Å².